The average Bonchev–Trinajstić information content (AvgIpc) is 2.40. The molecule has 0 aromatic heterocycles. The molecule has 0 aliphatic carbocycles. The van der Waals surface area contributed by atoms with E-state index in [1.165, 1.54) is 7.11 Å². The van der Waals surface area contributed by atoms with Crippen molar-refractivity contribution in [1.29, 1.82) is 0 Å². The average molecular weight is 300 g/mol. The van der Waals surface area contributed by atoms with Crippen LogP contribution in [0.1, 0.15) is 24.2 Å². The van der Waals surface area contributed by atoms with Gasteiger partial charge in [-0.25, -0.2) is 0 Å². The van der Waals surface area contributed by atoms with E-state index in [9.17, 15) is 9.59 Å². The molecule has 0 bridgehead atoms. The van der Waals surface area contributed by atoms with Gasteiger partial charge in [0.2, 0.25) is 5.91 Å². The van der Waals surface area contributed by atoms with Crippen molar-refractivity contribution in [2.45, 2.75) is 19.2 Å². The van der Waals surface area contributed by atoms with Crippen LogP contribution in [0.15, 0.2) is 18.2 Å². The lowest BCUT2D eigenvalue weighted by atomic mass is 10.1. The van der Waals surface area contributed by atoms with Crippen LogP contribution in [0.2, 0.25) is 0 Å². The summed E-state index contributed by atoms with van der Waals surface area (Å²) in [5.41, 5.74) is 0.938. The lowest BCUT2D eigenvalue weighted by molar-refractivity contribution is -0.119. The highest BCUT2D eigenvalue weighted by atomic mass is 35.5. The standard InChI is InChI=1S/C14H18ClNO4/c1-4-20-12-7-10(14(18)9(2)15)5-6-11(12)16-13(17)8-19-3/h5-7,9H,4,8H2,1-3H3,(H,16,17). The van der Waals surface area contributed by atoms with Crippen LogP contribution in [0.5, 0.6) is 5.75 Å². The van der Waals surface area contributed by atoms with Crippen molar-refractivity contribution in [3.05, 3.63) is 23.8 Å². The molecule has 0 heterocycles. The fourth-order valence-electron chi connectivity index (χ4n) is 1.60. The summed E-state index contributed by atoms with van der Waals surface area (Å²) < 4.78 is 10.2. The summed E-state index contributed by atoms with van der Waals surface area (Å²) in [5, 5.41) is 2.05. The van der Waals surface area contributed by atoms with Crippen molar-refractivity contribution in [2.24, 2.45) is 0 Å². The monoisotopic (exact) mass is 299 g/mol. The number of carbonyl (C=O) groups excluding carboxylic acids is 2. The first kappa shape index (κ1) is 16.5. The number of methoxy groups -OCH3 is 1. The normalized spacial score (nSPS) is 11.8. The van der Waals surface area contributed by atoms with Gasteiger partial charge in [-0.1, -0.05) is 0 Å². The molecule has 0 saturated carbocycles. The molecule has 1 unspecified atom stereocenters. The fraction of sp³-hybridized carbons (Fsp3) is 0.429. The third-order valence-electron chi connectivity index (χ3n) is 2.48. The summed E-state index contributed by atoms with van der Waals surface area (Å²) in [6, 6.07) is 4.80. The van der Waals surface area contributed by atoms with E-state index in [1.54, 1.807) is 25.1 Å². The van der Waals surface area contributed by atoms with Gasteiger partial charge >= 0.3 is 0 Å². The quantitative estimate of drug-likeness (QED) is 0.620. The van der Waals surface area contributed by atoms with Crippen LogP contribution in [0, 0.1) is 0 Å². The number of rotatable bonds is 7. The molecule has 1 amide bonds. The third-order valence-corrected chi connectivity index (χ3v) is 2.67. The predicted molar refractivity (Wildman–Crippen MR) is 77.8 cm³/mol. The minimum atomic E-state index is -0.613. The molecule has 110 valence electrons. The lowest BCUT2D eigenvalue weighted by Gasteiger charge is -2.13. The van der Waals surface area contributed by atoms with E-state index in [-0.39, 0.29) is 18.3 Å². The second-order valence-corrected chi connectivity index (χ2v) is 4.76. The molecule has 1 aromatic rings. The summed E-state index contributed by atoms with van der Waals surface area (Å²) in [4.78, 5) is 23.4. The first-order valence-electron chi connectivity index (χ1n) is 6.23. The molecule has 20 heavy (non-hydrogen) atoms. The third kappa shape index (κ3) is 4.51. The number of Topliss-reactive ketones (excluding diaryl/α,β-unsaturated/α-hetero) is 1. The van der Waals surface area contributed by atoms with Gasteiger partial charge in [0.25, 0.3) is 0 Å². The number of alkyl halides is 1. The first-order chi connectivity index (χ1) is 9.49. The summed E-state index contributed by atoms with van der Waals surface area (Å²) in [7, 11) is 1.44. The molecular formula is C14H18ClNO4. The second kappa shape index (κ2) is 7.87. The molecule has 1 atom stereocenters. The van der Waals surface area contributed by atoms with Crippen LogP contribution in [0.25, 0.3) is 0 Å². The van der Waals surface area contributed by atoms with Crippen molar-refractivity contribution in [3.63, 3.8) is 0 Å². The Morgan fingerprint density at radius 3 is 2.65 bits per heavy atom. The van der Waals surface area contributed by atoms with Crippen molar-refractivity contribution in [1.82, 2.24) is 0 Å². The summed E-state index contributed by atoms with van der Waals surface area (Å²) in [5.74, 6) is -0.0549. The summed E-state index contributed by atoms with van der Waals surface area (Å²) in [6.45, 7) is 3.80. The molecule has 1 N–H and O–H groups in total. The van der Waals surface area contributed by atoms with Crippen LogP contribution in [0.3, 0.4) is 0 Å². The molecule has 0 aliphatic rings. The number of anilines is 1. The smallest absolute Gasteiger partial charge is 0.250 e. The van der Waals surface area contributed by atoms with E-state index in [4.69, 9.17) is 21.1 Å². The zero-order chi connectivity index (χ0) is 15.1. The van der Waals surface area contributed by atoms with Gasteiger partial charge in [0.05, 0.1) is 17.7 Å². The number of halogens is 1. The number of benzene rings is 1. The zero-order valence-corrected chi connectivity index (χ0v) is 12.5. The van der Waals surface area contributed by atoms with Gasteiger partial charge < -0.3 is 14.8 Å². The van der Waals surface area contributed by atoms with Crippen molar-refractivity contribution in [3.8, 4) is 5.75 Å². The van der Waals surface area contributed by atoms with E-state index in [2.05, 4.69) is 5.32 Å². The van der Waals surface area contributed by atoms with Crippen molar-refractivity contribution < 1.29 is 19.1 Å². The minimum absolute atomic E-state index is 0.0506. The van der Waals surface area contributed by atoms with Gasteiger partial charge in [0.15, 0.2) is 5.78 Å². The Kier molecular flexibility index (Phi) is 6.48. The molecule has 1 rings (SSSR count). The Labute approximate surface area is 123 Å². The Morgan fingerprint density at radius 1 is 1.40 bits per heavy atom. The van der Waals surface area contributed by atoms with Crippen LogP contribution in [-0.2, 0) is 9.53 Å². The van der Waals surface area contributed by atoms with Crippen LogP contribution >= 0.6 is 11.6 Å². The van der Waals surface area contributed by atoms with E-state index < -0.39 is 5.38 Å². The maximum atomic E-state index is 11.8. The molecule has 0 aliphatic heterocycles. The highest BCUT2D eigenvalue weighted by Gasteiger charge is 2.15. The first-order valence-corrected chi connectivity index (χ1v) is 6.67. The number of hydrogen-bond donors (Lipinski definition) is 1. The second-order valence-electron chi connectivity index (χ2n) is 4.11. The Bertz CT molecular complexity index is 488. The van der Waals surface area contributed by atoms with Gasteiger partial charge in [-0.05, 0) is 32.0 Å². The molecule has 0 spiro atoms. The summed E-state index contributed by atoms with van der Waals surface area (Å²) in [6.07, 6.45) is 0. The van der Waals surface area contributed by atoms with Gasteiger partial charge in [0, 0.05) is 12.7 Å². The van der Waals surface area contributed by atoms with E-state index in [1.807, 2.05) is 6.92 Å². The van der Waals surface area contributed by atoms with Crippen molar-refractivity contribution in [2.75, 3.05) is 25.6 Å². The topological polar surface area (TPSA) is 64.6 Å². The van der Waals surface area contributed by atoms with E-state index in [0.717, 1.165) is 0 Å². The van der Waals surface area contributed by atoms with Gasteiger partial charge in [-0.15, -0.1) is 11.6 Å². The van der Waals surface area contributed by atoms with Crippen LogP contribution in [-0.4, -0.2) is 37.4 Å². The molecule has 0 fully saturated rings. The fourth-order valence-corrected chi connectivity index (χ4v) is 1.73. The highest BCUT2D eigenvalue weighted by molar-refractivity contribution is 6.33. The van der Waals surface area contributed by atoms with Crippen molar-refractivity contribution >= 4 is 29.0 Å². The Morgan fingerprint density at radius 2 is 2.10 bits per heavy atom. The molecule has 0 saturated heterocycles. The SMILES string of the molecule is CCOc1cc(C(=O)C(C)Cl)ccc1NC(=O)COC. The number of carbonyl (C=O) groups is 2. The summed E-state index contributed by atoms with van der Waals surface area (Å²) >= 11 is 5.78. The van der Waals surface area contributed by atoms with Gasteiger partial charge in [0.1, 0.15) is 12.4 Å². The number of amides is 1. The van der Waals surface area contributed by atoms with E-state index >= 15 is 0 Å². The Hall–Kier alpha value is -1.59. The molecule has 6 heteroatoms. The van der Waals surface area contributed by atoms with Crippen LogP contribution < -0.4 is 10.1 Å². The van der Waals surface area contributed by atoms with Gasteiger partial charge in [-0.3, -0.25) is 9.59 Å². The number of ether oxygens (including phenoxy) is 2. The van der Waals surface area contributed by atoms with Crippen LogP contribution in [0.4, 0.5) is 5.69 Å². The molecule has 0 radical (unpaired) electrons. The number of nitrogens with one attached hydrogen (secondary N) is 1. The molecule has 1 aromatic carbocycles. The lowest BCUT2D eigenvalue weighted by Crippen LogP contribution is -2.18. The molecular weight excluding hydrogens is 282 g/mol. The maximum absolute atomic E-state index is 11.8. The zero-order valence-electron chi connectivity index (χ0n) is 11.7. The highest BCUT2D eigenvalue weighted by Crippen LogP contribution is 2.27. The minimum Gasteiger partial charge on any atom is -0.492 e. The molecule has 5 nitrogen and oxygen atoms in total. The van der Waals surface area contributed by atoms with Gasteiger partial charge in [-0.2, -0.15) is 0 Å². The largest absolute Gasteiger partial charge is 0.492 e. The maximum Gasteiger partial charge on any atom is 0.250 e. The number of hydrogen-bond acceptors (Lipinski definition) is 4. The number of ketones is 1. The Balaban J connectivity index is 3.01. The predicted octanol–water partition coefficient (Wildman–Crippen LogP) is 2.48. The van der Waals surface area contributed by atoms with E-state index in [0.29, 0.717) is 23.6 Å².